The molecule has 2 rings (SSSR count). The third kappa shape index (κ3) is 3.55. The predicted octanol–water partition coefficient (Wildman–Crippen LogP) is 3.08. The first-order chi connectivity index (χ1) is 8.27. The van der Waals surface area contributed by atoms with Crippen molar-refractivity contribution in [3.05, 3.63) is 35.9 Å². The minimum Gasteiger partial charge on any atom is -0.375 e. The normalized spacial score (nSPS) is 21.2. The van der Waals surface area contributed by atoms with Crippen molar-refractivity contribution < 1.29 is 4.74 Å². The largest absolute Gasteiger partial charge is 0.375 e. The van der Waals surface area contributed by atoms with Crippen LogP contribution >= 0.6 is 0 Å². The van der Waals surface area contributed by atoms with E-state index in [0.717, 1.165) is 13.2 Å². The number of rotatable bonds is 5. The second-order valence-electron chi connectivity index (χ2n) is 5.13. The molecule has 94 valence electrons. The van der Waals surface area contributed by atoms with Crippen LogP contribution in [0.1, 0.15) is 32.3 Å². The number of likely N-dealkylation sites (tertiary alicyclic amines) is 1. The van der Waals surface area contributed by atoms with Crippen molar-refractivity contribution in [2.24, 2.45) is 0 Å². The van der Waals surface area contributed by atoms with Gasteiger partial charge in [0.15, 0.2) is 0 Å². The molecule has 0 aromatic heterocycles. The average molecular weight is 233 g/mol. The van der Waals surface area contributed by atoms with Crippen LogP contribution < -0.4 is 0 Å². The van der Waals surface area contributed by atoms with Crippen LogP contribution in [0.25, 0.3) is 0 Å². The van der Waals surface area contributed by atoms with Crippen molar-refractivity contribution in [2.45, 2.75) is 45.4 Å². The summed E-state index contributed by atoms with van der Waals surface area (Å²) in [6.07, 6.45) is 2.60. The molecule has 1 aliphatic heterocycles. The van der Waals surface area contributed by atoms with E-state index >= 15 is 0 Å². The number of nitrogens with zero attached hydrogens (tertiary/aromatic N) is 1. The standard InChI is InChI=1S/C15H23NO/c1-13(2)16-10-6-9-15(16)12-17-11-14-7-4-3-5-8-14/h3-5,7-8,13,15H,6,9-12H2,1-2H3/t15-/m0/s1. The smallest absolute Gasteiger partial charge is 0.0717 e. The van der Waals surface area contributed by atoms with Crippen molar-refractivity contribution >= 4 is 0 Å². The van der Waals surface area contributed by atoms with E-state index in [1.807, 2.05) is 6.07 Å². The Bertz CT molecular complexity index is 323. The number of hydrogen-bond acceptors (Lipinski definition) is 2. The molecular formula is C15H23NO. The third-order valence-corrected chi connectivity index (χ3v) is 3.51. The van der Waals surface area contributed by atoms with Crippen LogP contribution in [0, 0.1) is 0 Å². The zero-order valence-electron chi connectivity index (χ0n) is 10.9. The van der Waals surface area contributed by atoms with Crippen molar-refractivity contribution in [2.75, 3.05) is 13.2 Å². The Morgan fingerprint density at radius 2 is 2.06 bits per heavy atom. The lowest BCUT2D eigenvalue weighted by Gasteiger charge is -2.28. The lowest BCUT2D eigenvalue weighted by molar-refractivity contribution is 0.0565. The van der Waals surface area contributed by atoms with E-state index < -0.39 is 0 Å². The molecule has 1 saturated heterocycles. The van der Waals surface area contributed by atoms with Crippen LogP contribution in [-0.2, 0) is 11.3 Å². The summed E-state index contributed by atoms with van der Waals surface area (Å²) in [5.41, 5.74) is 1.27. The summed E-state index contributed by atoms with van der Waals surface area (Å²) < 4.78 is 5.84. The Morgan fingerprint density at radius 3 is 2.76 bits per heavy atom. The summed E-state index contributed by atoms with van der Waals surface area (Å²) in [5, 5.41) is 0. The fraction of sp³-hybridized carbons (Fsp3) is 0.600. The molecule has 0 amide bonds. The van der Waals surface area contributed by atoms with Crippen molar-refractivity contribution in [1.82, 2.24) is 4.90 Å². The minimum absolute atomic E-state index is 0.624. The minimum atomic E-state index is 0.624. The quantitative estimate of drug-likeness (QED) is 0.775. The van der Waals surface area contributed by atoms with E-state index in [1.165, 1.54) is 24.9 Å². The zero-order chi connectivity index (χ0) is 12.1. The molecule has 0 N–H and O–H groups in total. The van der Waals surface area contributed by atoms with Gasteiger partial charge >= 0.3 is 0 Å². The van der Waals surface area contributed by atoms with Gasteiger partial charge in [-0.1, -0.05) is 30.3 Å². The van der Waals surface area contributed by atoms with Crippen LogP contribution in [0.2, 0.25) is 0 Å². The van der Waals surface area contributed by atoms with Gasteiger partial charge in [-0.25, -0.2) is 0 Å². The van der Waals surface area contributed by atoms with Crippen molar-refractivity contribution in [3.63, 3.8) is 0 Å². The Hall–Kier alpha value is -0.860. The van der Waals surface area contributed by atoms with Crippen LogP contribution in [0.4, 0.5) is 0 Å². The highest BCUT2D eigenvalue weighted by Gasteiger charge is 2.26. The van der Waals surface area contributed by atoms with Crippen LogP contribution in [0.15, 0.2) is 30.3 Å². The van der Waals surface area contributed by atoms with Gasteiger partial charge in [-0.05, 0) is 38.8 Å². The summed E-state index contributed by atoms with van der Waals surface area (Å²) in [5.74, 6) is 0. The van der Waals surface area contributed by atoms with Crippen molar-refractivity contribution in [3.8, 4) is 0 Å². The monoisotopic (exact) mass is 233 g/mol. The maximum absolute atomic E-state index is 5.84. The van der Waals surface area contributed by atoms with Crippen molar-refractivity contribution in [1.29, 1.82) is 0 Å². The van der Waals surface area contributed by atoms with E-state index in [2.05, 4.69) is 43.0 Å². The molecule has 0 radical (unpaired) electrons. The van der Waals surface area contributed by atoms with Crippen LogP contribution in [0.3, 0.4) is 0 Å². The zero-order valence-corrected chi connectivity index (χ0v) is 10.9. The van der Waals surface area contributed by atoms with Crippen LogP contribution in [0.5, 0.6) is 0 Å². The number of ether oxygens (including phenoxy) is 1. The molecule has 0 aliphatic carbocycles. The first kappa shape index (κ1) is 12.6. The molecule has 2 heteroatoms. The Balaban J connectivity index is 1.75. The molecule has 17 heavy (non-hydrogen) atoms. The van der Waals surface area contributed by atoms with E-state index in [1.54, 1.807) is 0 Å². The second kappa shape index (κ2) is 6.18. The molecule has 0 spiro atoms. The van der Waals surface area contributed by atoms with E-state index in [9.17, 15) is 0 Å². The number of hydrogen-bond donors (Lipinski definition) is 0. The number of benzene rings is 1. The maximum atomic E-state index is 5.84. The van der Waals surface area contributed by atoms with Gasteiger partial charge in [0, 0.05) is 12.1 Å². The SMILES string of the molecule is CC(C)N1CCC[C@H]1COCc1ccccc1. The second-order valence-corrected chi connectivity index (χ2v) is 5.13. The highest BCUT2D eigenvalue weighted by molar-refractivity contribution is 5.13. The molecule has 2 nitrogen and oxygen atoms in total. The van der Waals surface area contributed by atoms with Gasteiger partial charge in [0.25, 0.3) is 0 Å². The van der Waals surface area contributed by atoms with Gasteiger partial charge in [0.2, 0.25) is 0 Å². The molecule has 0 saturated carbocycles. The van der Waals surface area contributed by atoms with Gasteiger partial charge in [0.05, 0.1) is 13.2 Å². The topological polar surface area (TPSA) is 12.5 Å². The van der Waals surface area contributed by atoms with Gasteiger partial charge in [-0.3, -0.25) is 4.90 Å². The Labute approximate surface area is 105 Å². The van der Waals surface area contributed by atoms with Gasteiger partial charge in [0.1, 0.15) is 0 Å². The van der Waals surface area contributed by atoms with Gasteiger partial charge in [-0.15, -0.1) is 0 Å². The highest BCUT2D eigenvalue weighted by Crippen LogP contribution is 2.20. The predicted molar refractivity (Wildman–Crippen MR) is 71.0 cm³/mol. The summed E-state index contributed by atoms with van der Waals surface area (Å²) in [7, 11) is 0. The summed E-state index contributed by atoms with van der Waals surface area (Å²) in [6, 6.07) is 11.7. The fourth-order valence-corrected chi connectivity index (χ4v) is 2.60. The Kier molecular flexibility index (Phi) is 4.57. The van der Waals surface area contributed by atoms with Crippen LogP contribution in [-0.4, -0.2) is 30.1 Å². The fourth-order valence-electron chi connectivity index (χ4n) is 2.60. The first-order valence-electron chi connectivity index (χ1n) is 6.65. The third-order valence-electron chi connectivity index (χ3n) is 3.51. The molecule has 0 bridgehead atoms. The molecule has 1 aromatic rings. The summed E-state index contributed by atoms with van der Waals surface area (Å²) >= 11 is 0. The molecule has 1 aromatic carbocycles. The maximum Gasteiger partial charge on any atom is 0.0717 e. The molecule has 1 heterocycles. The molecular weight excluding hydrogens is 210 g/mol. The lowest BCUT2D eigenvalue weighted by Crippen LogP contribution is -2.38. The molecule has 1 atom stereocenters. The first-order valence-corrected chi connectivity index (χ1v) is 6.65. The van der Waals surface area contributed by atoms with E-state index in [-0.39, 0.29) is 0 Å². The van der Waals surface area contributed by atoms with Gasteiger partial charge < -0.3 is 4.74 Å². The van der Waals surface area contributed by atoms with E-state index in [0.29, 0.717) is 12.1 Å². The summed E-state index contributed by atoms with van der Waals surface area (Å²) in [6.45, 7) is 7.39. The molecule has 1 aliphatic rings. The van der Waals surface area contributed by atoms with E-state index in [4.69, 9.17) is 4.74 Å². The highest BCUT2D eigenvalue weighted by atomic mass is 16.5. The Morgan fingerprint density at radius 1 is 1.29 bits per heavy atom. The average Bonchev–Trinajstić information content (AvgIpc) is 2.79. The van der Waals surface area contributed by atoms with Gasteiger partial charge in [-0.2, -0.15) is 0 Å². The molecule has 0 unspecified atom stereocenters. The summed E-state index contributed by atoms with van der Waals surface area (Å²) in [4.78, 5) is 2.56. The molecule has 1 fully saturated rings. The lowest BCUT2D eigenvalue weighted by atomic mass is 10.2.